The van der Waals surface area contributed by atoms with Gasteiger partial charge in [-0.15, -0.1) is 0 Å². The van der Waals surface area contributed by atoms with Crippen LogP contribution in [-0.4, -0.2) is 31.7 Å². The lowest BCUT2D eigenvalue weighted by molar-refractivity contribution is -0.148. The molecule has 2 aromatic rings. The van der Waals surface area contributed by atoms with Crippen LogP contribution in [0.25, 0.3) is 6.08 Å². The van der Waals surface area contributed by atoms with E-state index in [4.69, 9.17) is 18.9 Å². The third-order valence-corrected chi connectivity index (χ3v) is 4.21. The standard InChI is InChI=1S/C22H26O4/c1-22(2)25-20(14-11-17-9-12-19(23-3)13-10-17)21(26-22)16-24-15-18-7-5-4-6-8-18/h4-14,20-21H,15-16H2,1-3H3/b14-11+/t20-,21-/m0/s1. The van der Waals surface area contributed by atoms with E-state index in [0.29, 0.717) is 13.2 Å². The molecule has 0 saturated carbocycles. The first-order valence-corrected chi connectivity index (χ1v) is 8.85. The van der Waals surface area contributed by atoms with Crippen molar-refractivity contribution in [2.75, 3.05) is 13.7 Å². The molecule has 2 atom stereocenters. The van der Waals surface area contributed by atoms with E-state index in [9.17, 15) is 0 Å². The van der Waals surface area contributed by atoms with E-state index in [1.165, 1.54) is 0 Å². The van der Waals surface area contributed by atoms with Crippen molar-refractivity contribution in [3.05, 3.63) is 71.8 Å². The first-order chi connectivity index (χ1) is 12.6. The van der Waals surface area contributed by atoms with Gasteiger partial charge >= 0.3 is 0 Å². The van der Waals surface area contributed by atoms with Crippen molar-refractivity contribution in [3.63, 3.8) is 0 Å². The Labute approximate surface area is 155 Å². The molecule has 2 aromatic carbocycles. The predicted octanol–water partition coefficient (Wildman–Crippen LogP) is 4.45. The van der Waals surface area contributed by atoms with Gasteiger partial charge in [0.05, 0.1) is 20.3 Å². The fourth-order valence-corrected chi connectivity index (χ4v) is 2.94. The third-order valence-electron chi connectivity index (χ3n) is 4.21. The summed E-state index contributed by atoms with van der Waals surface area (Å²) in [5.41, 5.74) is 2.24. The second-order valence-corrected chi connectivity index (χ2v) is 6.77. The van der Waals surface area contributed by atoms with E-state index in [1.807, 2.05) is 68.5 Å². The molecule has 138 valence electrons. The van der Waals surface area contributed by atoms with Crippen LogP contribution in [0.2, 0.25) is 0 Å². The Bertz CT molecular complexity index is 707. The SMILES string of the molecule is COc1ccc(/C=C/[C@@H]2OC(C)(C)O[C@H]2COCc2ccccc2)cc1. The van der Waals surface area contributed by atoms with Gasteiger partial charge in [-0.2, -0.15) is 0 Å². The van der Waals surface area contributed by atoms with Crippen molar-refractivity contribution in [1.82, 2.24) is 0 Å². The summed E-state index contributed by atoms with van der Waals surface area (Å²) >= 11 is 0. The van der Waals surface area contributed by atoms with Crippen molar-refractivity contribution in [1.29, 1.82) is 0 Å². The highest BCUT2D eigenvalue weighted by molar-refractivity contribution is 5.51. The number of ether oxygens (including phenoxy) is 4. The number of hydrogen-bond acceptors (Lipinski definition) is 4. The molecule has 0 aromatic heterocycles. The van der Waals surface area contributed by atoms with E-state index < -0.39 is 5.79 Å². The number of benzene rings is 2. The quantitative estimate of drug-likeness (QED) is 0.736. The molecule has 1 aliphatic rings. The highest BCUT2D eigenvalue weighted by Crippen LogP contribution is 2.29. The van der Waals surface area contributed by atoms with Gasteiger partial charge in [0.15, 0.2) is 5.79 Å². The first-order valence-electron chi connectivity index (χ1n) is 8.85. The second-order valence-electron chi connectivity index (χ2n) is 6.77. The first kappa shape index (κ1) is 18.6. The van der Waals surface area contributed by atoms with Crippen molar-refractivity contribution in [2.24, 2.45) is 0 Å². The summed E-state index contributed by atoms with van der Waals surface area (Å²) in [5.74, 6) is 0.228. The summed E-state index contributed by atoms with van der Waals surface area (Å²) in [5, 5.41) is 0. The molecule has 0 unspecified atom stereocenters. The highest BCUT2D eigenvalue weighted by atomic mass is 16.8. The minimum Gasteiger partial charge on any atom is -0.497 e. The molecule has 0 N–H and O–H groups in total. The van der Waals surface area contributed by atoms with Gasteiger partial charge < -0.3 is 18.9 Å². The molecule has 1 saturated heterocycles. The predicted molar refractivity (Wildman–Crippen MR) is 102 cm³/mol. The molecule has 1 heterocycles. The van der Waals surface area contributed by atoms with Crippen LogP contribution in [0.1, 0.15) is 25.0 Å². The molecule has 4 nitrogen and oxygen atoms in total. The molecular formula is C22H26O4. The maximum atomic E-state index is 6.02. The highest BCUT2D eigenvalue weighted by Gasteiger charge is 2.39. The zero-order chi connectivity index (χ0) is 18.4. The van der Waals surface area contributed by atoms with Gasteiger partial charge in [-0.3, -0.25) is 0 Å². The van der Waals surface area contributed by atoms with Crippen LogP contribution >= 0.6 is 0 Å². The van der Waals surface area contributed by atoms with Gasteiger partial charge in [0.25, 0.3) is 0 Å². The van der Waals surface area contributed by atoms with Gasteiger partial charge in [-0.05, 0) is 37.1 Å². The monoisotopic (exact) mass is 354 g/mol. The molecule has 0 radical (unpaired) electrons. The summed E-state index contributed by atoms with van der Waals surface area (Å²) in [4.78, 5) is 0. The molecule has 1 fully saturated rings. The van der Waals surface area contributed by atoms with Crippen LogP contribution in [-0.2, 0) is 20.8 Å². The lowest BCUT2D eigenvalue weighted by atomic mass is 10.1. The van der Waals surface area contributed by atoms with Crippen LogP contribution in [0.5, 0.6) is 5.75 Å². The van der Waals surface area contributed by atoms with Crippen molar-refractivity contribution in [3.8, 4) is 5.75 Å². The van der Waals surface area contributed by atoms with Gasteiger partial charge in [0, 0.05) is 0 Å². The zero-order valence-corrected chi connectivity index (χ0v) is 15.6. The Morgan fingerprint density at radius 3 is 2.42 bits per heavy atom. The molecule has 26 heavy (non-hydrogen) atoms. The third kappa shape index (κ3) is 5.18. The molecule has 3 rings (SSSR count). The Morgan fingerprint density at radius 1 is 1.00 bits per heavy atom. The van der Waals surface area contributed by atoms with E-state index in [0.717, 1.165) is 16.9 Å². The maximum absolute atomic E-state index is 6.02. The van der Waals surface area contributed by atoms with Gasteiger partial charge in [-0.25, -0.2) is 0 Å². The second kappa shape index (κ2) is 8.49. The molecule has 0 amide bonds. The maximum Gasteiger partial charge on any atom is 0.164 e. The molecule has 0 bridgehead atoms. The molecule has 4 heteroatoms. The normalized spacial score (nSPS) is 22.0. The van der Waals surface area contributed by atoms with E-state index in [-0.39, 0.29) is 12.2 Å². The fraction of sp³-hybridized carbons (Fsp3) is 0.364. The lowest BCUT2D eigenvalue weighted by Gasteiger charge is -2.16. The van der Waals surface area contributed by atoms with Gasteiger partial charge in [0.1, 0.15) is 18.0 Å². The largest absolute Gasteiger partial charge is 0.497 e. The Balaban J connectivity index is 1.59. The van der Waals surface area contributed by atoms with Crippen molar-refractivity contribution < 1.29 is 18.9 Å². The summed E-state index contributed by atoms with van der Waals surface area (Å²) in [6.45, 7) is 4.91. The summed E-state index contributed by atoms with van der Waals surface area (Å²) < 4.78 is 23.1. The van der Waals surface area contributed by atoms with Crippen molar-refractivity contribution in [2.45, 2.75) is 38.4 Å². The average Bonchev–Trinajstić information content (AvgIpc) is 2.95. The van der Waals surface area contributed by atoms with Crippen molar-refractivity contribution >= 4 is 6.08 Å². The molecule has 0 aliphatic carbocycles. The number of hydrogen-bond donors (Lipinski definition) is 0. The number of methoxy groups -OCH3 is 1. The van der Waals surface area contributed by atoms with Crippen LogP contribution in [0, 0.1) is 0 Å². The van der Waals surface area contributed by atoms with Crippen LogP contribution in [0.3, 0.4) is 0 Å². The Kier molecular flexibility index (Phi) is 6.09. The lowest BCUT2D eigenvalue weighted by Crippen LogP contribution is -2.26. The smallest absolute Gasteiger partial charge is 0.164 e. The minimum absolute atomic E-state index is 0.136. The van der Waals surface area contributed by atoms with Crippen LogP contribution in [0.15, 0.2) is 60.7 Å². The molecule has 1 aliphatic heterocycles. The Morgan fingerprint density at radius 2 is 1.73 bits per heavy atom. The summed E-state index contributed by atoms with van der Waals surface area (Å²) in [7, 11) is 1.66. The number of rotatable bonds is 7. The summed E-state index contributed by atoms with van der Waals surface area (Å²) in [6.07, 6.45) is 3.79. The Hall–Kier alpha value is -2.14. The van der Waals surface area contributed by atoms with E-state index in [1.54, 1.807) is 7.11 Å². The van der Waals surface area contributed by atoms with E-state index >= 15 is 0 Å². The van der Waals surface area contributed by atoms with Gasteiger partial charge in [0.2, 0.25) is 0 Å². The van der Waals surface area contributed by atoms with E-state index in [2.05, 4.69) is 12.1 Å². The average molecular weight is 354 g/mol. The van der Waals surface area contributed by atoms with Crippen LogP contribution in [0.4, 0.5) is 0 Å². The molecular weight excluding hydrogens is 328 g/mol. The van der Waals surface area contributed by atoms with Gasteiger partial charge in [-0.1, -0.05) is 54.6 Å². The topological polar surface area (TPSA) is 36.9 Å². The minimum atomic E-state index is -0.615. The fourth-order valence-electron chi connectivity index (χ4n) is 2.94. The molecule has 0 spiro atoms. The zero-order valence-electron chi connectivity index (χ0n) is 15.6. The summed E-state index contributed by atoms with van der Waals surface area (Å²) in [6, 6.07) is 18.0. The van der Waals surface area contributed by atoms with Crippen LogP contribution < -0.4 is 4.74 Å².